The Morgan fingerprint density at radius 1 is 0.323 bits per heavy atom. The smallest absolute Gasteiger partial charge is 0.306 e. The van der Waals surface area contributed by atoms with Crippen molar-refractivity contribution in [3.05, 3.63) is 146 Å². The Morgan fingerprint density at radius 3 is 1.03 bits per heavy atom. The predicted molar refractivity (Wildman–Crippen MR) is 279 cm³/mol. The number of rotatable bonds is 43. The van der Waals surface area contributed by atoms with Gasteiger partial charge >= 0.3 is 17.9 Å². The maximum absolute atomic E-state index is 12.8. The van der Waals surface area contributed by atoms with Gasteiger partial charge in [-0.15, -0.1) is 0 Å². The second-order valence-electron chi connectivity index (χ2n) is 16.2. The molecule has 0 N–H and O–H groups in total. The minimum absolute atomic E-state index is 0.126. The van der Waals surface area contributed by atoms with Crippen LogP contribution in [-0.4, -0.2) is 37.2 Å². The standard InChI is InChI=1S/C59H90O6/c1-4-7-10-13-16-19-22-25-27-28-29-30-32-34-37-40-43-46-49-52-58(61)64-55-56(54-63-57(60)51-48-45-42-39-36-33-24-21-18-15-12-9-6-3)65-59(62)53-50-47-44-41-38-35-31-26-23-20-17-14-11-8-5-2/h8-9,11-12,14-26,31,33,35-36,38-39,42,56H,4-7,10,13,27-30,32,34,37,40-41,43-55H2,1-3H3/b11-8+,12-9+,17-14+,18-15+,19-16+,23-20+,24-21+,25-22+,31-26+,36-33+,38-35+,42-39+. The molecule has 0 saturated heterocycles. The minimum atomic E-state index is -0.836. The quantitative estimate of drug-likeness (QED) is 0.0263. The molecule has 362 valence electrons. The van der Waals surface area contributed by atoms with E-state index in [2.05, 4.69) is 63.3 Å². The molecule has 0 amide bonds. The lowest BCUT2D eigenvalue weighted by Crippen LogP contribution is -2.30. The summed E-state index contributed by atoms with van der Waals surface area (Å²) in [4.78, 5) is 37.9. The average Bonchev–Trinajstić information content (AvgIpc) is 3.30. The lowest BCUT2D eigenvalue weighted by atomic mass is 10.1. The van der Waals surface area contributed by atoms with Gasteiger partial charge in [-0.05, 0) is 77.0 Å². The molecule has 1 unspecified atom stereocenters. The van der Waals surface area contributed by atoms with E-state index in [1.165, 1.54) is 77.0 Å². The number of hydrogen-bond donors (Lipinski definition) is 0. The van der Waals surface area contributed by atoms with Crippen LogP contribution >= 0.6 is 0 Å². The molecule has 0 aliphatic heterocycles. The zero-order chi connectivity index (χ0) is 47.2. The highest BCUT2D eigenvalue weighted by Crippen LogP contribution is 2.13. The first-order valence-corrected chi connectivity index (χ1v) is 25.5. The van der Waals surface area contributed by atoms with Gasteiger partial charge in [-0.2, -0.15) is 0 Å². The van der Waals surface area contributed by atoms with Gasteiger partial charge in [0.25, 0.3) is 0 Å². The summed E-state index contributed by atoms with van der Waals surface area (Å²) in [5, 5.41) is 0. The Hall–Kier alpha value is -4.71. The number of ether oxygens (including phenoxy) is 3. The van der Waals surface area contributed by atoms with E-state index in [4.69, 9.17) is 14.2 Å². The Bertz CT molecular complexity index is 1490. The van der Waals surface area contributed by atoms with Crippen molar-refractivity contribution in [1.82, 2.24) is 0 Å². The van der Waals surface area contributed by atoms with Crippen molar-refractivity contribution in [1.29, 1.82) is 0 Å². The van der Waals surface area contributed by atoms with Crippen LogP contribution in [0, 0.1) is 0 Å². The molecule has 0 rings (SSSR count). The van der Waals surface area contributed by atoms with Crippen LogP contribution in [0.1, 0.15) is 188 Å². The van der Waals surface area contributed by atoms with Crippen LogP contribution in [0.25, 0.3) is 0 Å². The summed E-state index contributed by atoms with van der Waals surface area (Å²) >= 11 is 0. The molecular weight excluding hydrogens is 805 g/mol. The largest absolute Gasteiger partial charge is 0.462 e. The van der Waals surface area contributed by atoms with Crippen molar-refractivity contribution >= 4 is 17.9 Å². The molecule has 6 nitrogen and oxygen atoms in total. The first-order chi connectivity index (χ1) is 32.0. The van der Waals surface area contributed by atoms with E-state index >= 15 is 0 Å². The van der Waals surface area contributed by atoms with Crippen molar-refractivity contribution in [2.75, 3.05) is 13.2 Å². The van der Waals surface area contributed by atoms with E-state index in [-0.39, 0.29) is 44.0 Å². The van der Waals surface area contributed by atoms with Gasteiger partial charge in [0, 0.05) is 19.3 Å². The zero-order valence-electron chi connectivity index (χ0n) is 41.2. The number of unbranched alkanes of at least 4 members (excludes halogenated alkanes) is 17. The van der Waals surface area contributed by atoms with Crippen LogP contribution in [0.3, 0.4) is 0 Å². The molecule has 0 aliphatic rings. The molecule has 0 saturated carbocycles. The Labute approximate surface area is 397 Å². The maximum Gasteiger partial charge on any atom is 0.306 e. The number of esters is 3. The number of allylic oxidation sites excluding steroid dienone is 24. The van der Waals surface area contributed by atoms with Crippen molar-refractivity contribution in [3.8, 4) is 0 Å². The third kappa shape index (κ3) is 50.2. The fourth-order valence-electron chi connectivity index (χ4n) is 6.31. The third-order valence-corrected chi connectivity index (χ3v) is 10.1. The molecule has 0 aromatic rings. The average molecular weight is 895 g/mol. The van der Waals surface area contributed by atoms with E-state index < -0.39 is 6.10 Å². The van der Waals surface area contributed by atoms with Crippen LogP contribution in [0.2, 0.25) is 0 Å². The summed E-state index contributed by atoms with van der Waals surface area (Å²) in [6, 6.07) is 0. The molecule has 0 aromatic carbocycles. The van der Waals surface area contributed by atoms with Crippen LogP contribution in [0.5, 0.6) is 0 Å². The van der Waals surface area contributed by atoms with E-state index in [9.17, 15) is 14.4 Å². The van der Waals surface area contributed by atoms with Gasteiger partial charge in [-0.3, -0.25) is 14.4 Å². The molecule has 0 radical (unpaired) electrons. The molecule has 0 bridgehead atoms. The van der Waals surface area contributed by atoms with Gasteiger partial charge in [-0.25, -0.2) is 0 Å². The van der Waals surface area contributed by atoms with Gasteiger partial charge < -0.3 is 14.2 Å². The second kappa shape index (κ2) is 51.9. The third-order valence-electron chi connectivity index (χ3n) is 10.1. The number of carbonyl (C=O) groups is 3. The highest BCUT2D eigenvalue weighted by molar-refractivity contribution is 5.71. The normalized spacial score (nSPS) is 13.3. The van der Waals surface area contributed by atoms with E-state index in [1.807, 2.05) is 103 Å². The number of hydrogen-bond acceptors (Lipinski definition) is 6. The second-order valence-corrected chi connectivity index (χ2v) is 16.2. The minimum Gasteiger partial charge on any atom is -0.462 e. The summed E-state index contributed by atoms with van der Waals surface area (Å²) in [5.74, 6) is -1.06. The molecule has 6 heteroatoms. The summed E-state index contributed by atoms with van der Waals surface area (Å²) in [6.45, 7) is 6.19. The van der Waals surface area contributed by atoms with Gasteiger partial charge in [-0.1, -0.05) is 237 Å². The summed E-state index contributed by atoms with van der Waals surface area (Å²) in [6.07, 6.45) is 74.1. The van der Waals surface area contributed by atoms with Crippen molar-refractivity contribution in [3.63, 3.8) is 0 Å². The molecule has 1 atom stereocenters. The molecule has 0 fully saturated rings. The lowest BCUT2D eigenvalue weighted by Gasteiger charge is -2.18. The first kappa shape index (κ1) is 60.3. The van der Waals surface area contributed by atoms with Gasteiger partial charge in [0.15, 0.2) is 6.10 Å². The SMILES string of the molecule is CC/C=C/C=C/C=C/C=C/C=C/CCCCCC(=O)OC(COC(=O)CCC/C=C/C=C/C=C/C=C/C=C/CC)COC(=O)CCCCCCCCCCCC/C=C/C=C/CCCCC. The highest BCUT2D eigenvalue weighted by Gasteiger charge is 2.19. The molecule has 0 aliphatic carbocycles. The zero-order valence-corrected chi connectivity index (χ0v) is 41.2. The molecule has 0 spiro atoms. The van der Waals surface area contributed by atoms with Crippen LogP contribution in [0.4, 0.5) is 0 Å². The Kier molecular flexibility index (Phi) is 48.2. The monoisotopic (exact) mass is 895 g/mol. The van der Waals surface area contributed by atoms with Crippen molar-refractivity contribution in [2.24, 2.45) is 0 Å². The maximum atomic E-state index is 12.8. The van der Waals surface area contributed by atoms with E-state index in [1.54, 1.807) is 0 Å². The van der Waals surface area contributed by atoms with Gasteiger partial charge in [0.1, 0.15) is 13.2 Å². The molecule has 0 aromatic heterocycles. The molecule has 65 heavy (non-hydrogen) atoms. The molecular formula is C59H90O6. The fourth-order valence-corrected chi connectivity index (χ4v) is 6.31. The van der Waals surface area contributed by atoms with Gasteiger partial charge in [0.05, 0.1) is 0 Å². The van der Waals surface area contributed by atoms with Crippen molar-refractivity contribution < 1.29 is 28.6 Å². The molecule has 0 heterocycles. The first-order valence-electron chi connectivity index (χ1n) is 25.5. The van der Waals surface area contributed by atoms with Crippen LogP contribution < -0.4 is 0 Å². The van der Waals surface area contributed by atoms with E-state index in [0.717, 1.165) is 57.8 Å². The van der Waals surface area contributed by atoms with Gasteiger partial charge in [0.2, 0.25) is 0 Å². The Balaban J connectivity index is 4.55. The topological polar surface area (TPSA) is 78.9 Å². The Morgan fingerprint density at radius 2 is 0.615 bits per heavy atom. The predicted octanol–water partition coefficient (Wildman–Crippen LogP) is 16.9. The van der Waals surface area contributed by atoms with Crippen molar-refractivity contribution in [2.45, 2.75) is 194 Å². The van der Waals surface area contributed by atoms with Crippen LogP contribution in [0.15, 0.2) is 146 Å². The summed E-state index contributed by atoms with van der Waals surface area (Å²) in [7, 11) is 0. The van der Waals surface area contributed by atoms with Crippen LogP contribution in [-0.2, 0) is 28.6 Å². The highest BCUT2D eigenvalue weighted by atomic mass is 16.6. The summed E-state index contributed by atoms with van der Waals surface area (Å²) < 4.78 is 16.7. The number of carbonyl (C=O) groups excluding carboxylic acids is 3. The lowest BCUT2D eigenvalue weighted by molar-refractivity contribution is -0.167. The van der Waals surface area contributed by atoms with E-state index in [0.29, 0.717) is 19.3 Å². The summed E-state index contributed by atoms with van der Waals surface area (Å²) in [5.41, 5.74) is 0. The fraction of sp³-hybridized carbons (Fsp3) is 0.542.